The number of nitrogens with two attached hydrogens (primary N) is 1. The Kier molecular flexibility index (Phi) is 8.04. The Balaban J connectivity index is 0. The van der Waals surface area contributed by atoms with Gasteiger partial charge in [-0.3, -0.25) is 0 Å². The van der Waals surface area contributed by atoms with E-state index in [9.17, 15) is 4.79 Å². The molecule has 0 heterocycles. The van der Waals surface area contributed by atoms with Crippen molar-refractivity contribution >= 4 is 18.5 Å². The lowest BCUT2D eigenvalue weighted by Crippen LogP contribution is -2.24. The van der Waals surface area contributed by atoms with Crippen LogP contribution in [0.4, 0.5) is 4.79 Å². The normalized spacial score (nSPS) is 11.4. The number of amides is 1. The zero-order valence-electron chi connectivity index (χ0n) is 5.19. The van der Waals surface area contributed by atoms with Crippen molar-refractivity contribution in [3.63, 3.8) is 0 Å². The Morgan fingerprint density at radius 2 is 2.20 bits per heavy atom. The second-order valence-corrected chi connectivity index (χ2v) is 1.47. The van der Waals surface area contributed by atoms with E-state index >= 15 is 0 Å². The number of aliphatic hydroxyl groups is 2. The smallest absolute Gasteiger partial charge is 0.404 e. The Bertz CT molecular complexity index is 99.3. The minimum absolute atomic E-state index is 0. The lowest BCUT2D eigenvalue weighted by molar-refractivity contribution is 0.0349. The van der Waals surface area contributed by atoms with Gasteiger partial charge in [0.05, 0.1) is 6.61 Å². The van der Waals surface area contributed by atoms with E-state index in [4.69, 9.17) is 10.2 Å². The summed E-state index contributed by atoms with van der Waals surface area (Å²) in [6.07, 6.45) is -1.99. The molecule has 0 aliphatic heterocycles. The van der Waals surface area contributed by atoms with E-state index < -0.39 is 18.8 Å². The topological polar surface area (TPSA) is 92.8 Å². The van der Waals surface area contributed by atoms with Gasteiger partial charge < -0.3 is 20.7 Å². The van der Waals surface area contributed by atoms with E-state index in [0.29, 0.717) is 0 Å². The van der Waals surface area contributed by atoms with Crippen LogP contribution in [0.5, 0.6) is 0 Å². The monoisotopic (exact) mass is 171 g/mol. The molecule has 5 nitrogen and oxygen atoms in total. The van der Waals surface area contributed by atoms with Crippen LogP contribution in [0.25, 0.3) is 0 Å². The van der Waals surface area contributed by atoms with Crippen LogP contribution >= 0.6 is 12.4 Å². The summed E-state index contributed by atoms with van der Waals surface area (Å²) in [6.45, 7) is -0.695. The van der Waals surface area contributed by atoms with E-state index in [-0.39, 0.29) is 19.0 Å². The predicted molar refractivity (Wildman–Crippen MR) is 35.9 cm³/mol. The van der Waals surface area contributed by atoms with Crippen LogP contribution in [-0.4, -0.2) is 35.6 Å². The maximum absolute atomic E-state index is 9.83. The Morgan fingerprint density at radius 3 is 2.50 bits per heavy atom. The van der Waals surface area contributed by atoms with Crippen molar-refractivity contribution in [1.29, 1.82) is 0 Å². The first kappa shape index (κ1) is 12.2. The molecular formula is C4H10ClNO4. The second kappa shape index (κ2) is 6.60. The molecule has 0 saturated carbocycles. The lowest BCUT2D eigenvalue weighted by Gasteiger charge is -2.04. The van der Waals surface area contributed by atoms with Crippen molar-refractivity contribution in [3.8, 4) is 0 Å². The minimum atomic E-state index is -1.03. The molecule has 62 valence electrons. The molecule has 1 amide bonds. The number of hydrogen-bond acceptors (Lipinski definition) is 4. The van der Waals surface area contributed by atoms with Gasteiger partial charge in [0, 0.05) is 0 Å². The molecule has 0 radical (unpaired) electrons. The summed E-state index contributed by atoms with van der Waals surface area (Å²) in [5.41, 5.74) is 4.54. The molecule has 0 rings (SSSR count). The molecule has 10 heavy (non-hydrogen) atoms. The highest BCUT2D eigenvalue weighted by Crippen LogP contribution is 1.81. The van der Waals surface area contributed by atoms with Crippen molar-refractivity contribution < 1.29 is 19.7 Å². The highest BCUT2D eigenvalue weighted by atomic mass is 35.5. The van der Waals surface area contributed by atoms with Crippen LogP contribution in [0.1, 0.15) is 0 Å². The number of aliphatic hydroxyl groups excluding tert-OH is 2. The third kappa shape index (κ3) is 7.48. The Morgan fingerprint density at radius 1 is 1.70 bits per heavy atom. The van der Waals surface area contributed by atoms with Gasteiger partial charge in [-0.05, 0) is 0 Å². The lowest BCUT2D eigenvalue weighted by atomic mass is 10.4. The quantitative estimate of drug-likeness (QED) is 0.500. The van der Waals surface area contributed by atoms with Crippen LogP contribution in [-0.2, 0) is 4.74 Å². The first-order valence-electron chi connectivity index (χ1n) is 2.38. The number of carbonyl (C=O) groups excluding carboxylic acids is 1. The molecule has 1 atom stereocenters. The van der Waals surface area contributed by atoms with Gasteiger partial charge in [0.15, 0.2) is 0 Å². The van der Waals surface area contributed by atoms with Gasteiger partial charge in [0.2, 0.25) is 0 Å². The van der Waals surface area contributed by atoms with Gasteiger partial charge in [-0.1, -0.05) is 0 Å². The van der Waals surface area contributed by atoms with Gasteiger partial charge in [0.1, 0.15) is 12.7 Å². The number of rotatable bonds is 3. The minimum Gasteiger partial charge on any atom is -0.447 e. The van der Waals surface area contributed by atoms with E-state index in [0.717, 1.165) is 0 Å². The molecule has 6 heteroatoms. The summed E-state index contributed by atoms with van der Waals surface area (Å²) in [6, 6.07) is 0. The molecule has 0 aromatic rings. The fourth-order valence-electron chi connectivity index (χ4n) is 0.231. The standard InChI is InChI=1S/C4H9NO4.ClH/c5-4(8)9-2-3(7)1-6;/h3,6-7H,1-2H2,(H2,5,8);1H/t3-;/m1./s1. The molecule has 0 aliphatic rings. The maximum Gasteiger partial charge on any atom is 0.404 e. The fraction of sp³-hybridized carbons (Fsp3) is 0.750. The number of primary amides is 1. The second-order valence-electron chi connectivity index (χ2n) is 1.47. The highest BCUT2D eigenvalue weighted by Gasteiger charge is 2.02. The van der Waals surface area contributed by atoms with Crippen LogP contribution < -0.4 is 5.73 Å². The summed E-state index contributed by atoms with van der Waals surface area (Å²) >= 11 is 0. The molecule has 0 bridgehead atoms. The first-order valence-corrected chi connectivity index (χ1v) is 2.38. The van der Waals surface area contributed by atoms with Crippen LogP contribution in [0.15, 0.2) is 0 Å². The molecule has 0 aromatic heterocycles. The third-order valence-electron chi connectivity index (χ3n) is 0.629. The SMILES string of the molecule is Cl.NC(=O)OC[C@H](O)CO. The van der Waals surface area contributed by atoms with Crippen molar-refractivity contribution in [2.45, 2.75) is 6.10 Å². The number of ether oxygens (including phenoxy) is 1. The van der Waals surface area contributed by atoms with E-state index in [2.05, 4.69) is 10.5 Å². The summed E-state index contributed by atoms with van der Waals surface area (Å²) in [4.78, 5) is 9.83. The third-order valence-corrected chi connectivity index (χ3v) is 0.629. The van der Waals surface area contributed by atoms with Gasteiger partial charge >= 0.3 is 6.09 Å². The molecule has 0 fully saturated rings. The van der Waals surface area contributed by atoms with E-state index in [1.165, 1.54) is 0 Å². The van der Waals surface area contributed by atoms with E-state index in [1.54, 1.807) is 0 Å². The highest BCUT2D eigenvalue weighted by molar-refractivity contribution is 5.85. The van der Waals surface area contributed by atoms with Gasteiger partial charge in [-0.25, -0.2) is 4.79 Å². The summed E-state index contributed by atoms with van der Waals surface area (Å²) in [5.74, 6) is 0. The molecule has 0 unspecified atom stereocenters. The molecule has 4 N–H and O–H groups in total. The van der Waals surface area contributed by atoms with Crippen LogP contribution in [0, 0.1) is 0 Å². The maximum atomic E-state index is 9.83. The number of carbonyl (C=O) groups is 1. The molecular weight excluding hydrogens is 161 g/mol. The molecule has 0 aromatic carbocycles. The van der Waals surface area contributed by atoms with Crippen molar-refractivity contribution in [2.24, 2.45) is 5.73 Å². The molecule has 0 saturated heterocycles. The molecule has 0 spiro atoms. The van der Waals surface area contributed by atoms with E-state index in [1.807, 2.05) is 0 Å². The summed E-state index contributed by atoms with van der Waals surface area (Å²) in [7, 11) is 0. The zero-order chi connectivity index (χ0) is 7.28. The summed E-state index contributed by atoms with van der Waals surface area (Å²) < 4.78 is 4.12. The summed E-state index contributed by atoms with van der Waals surface area (Å²) in [5, 5.41) is 16.7. The number of halogens is 1. The average molecular weight is 172 g/mol. The van der Waals surface area contributed by atoms with Crippen LogP contribution in [0.3, 0.4) is 0 Å². The van der Waals surface area contributed by atoms with Crippen LogP contribution in [0.2, 0.25) is 0 Å². The van der Waals surface area contributed by atoms with Crippen molar-refractivity contribution in [2.75, 3.05) is 13.2 Å². The van der Waals surface area contributed by atoms with Crippen molar-refractivity contribution in [3.05, 3.63) is 0 Å². The zero-order valence-corrected chi connectivity index (χ0v) is 6.00. The van der Waals surface area contributed by atoms with Gasteiger partial charge in [-0.2, -0.15) is 0 Å². The van der Waals surface area contributed by atoms with Gasteiger partial charge in [0.25, 0.3) is 0 Å². The Labute approximate surface area is 64.2 Å². The predicted octanol–water partition coefficient (Wildman–Crippen LogP) is -1.14. The number of hydrogen-bond donors (Lipinski definition) is 3. The van der Waals surface area contributed by atoms with Gasteiger partial charge in [-0.15, -0.1) is 12.4 Å². The Hall–Kier alpha value is -0.520. The molecule has 0 aliphatic carbocycles. The fourth-order valence-corrected chi connectivity index (χ4v) is 0.231. The average Bonchev–Trinajstić information content (AvgIpc) is 1.83. The largest absolute Gasteiger partial charge is 0.447 e. The van der Waals surface area contributed by atoms with Crippen molar-refractivity contribution in [1.82, 2.24) is 0 Å². The first-order chi connectivity index (χ1) is 4.16.